The largest absolute Gasteiger partial charge is 0.384 e. The third-order valence-electron chi connectivity index (χ3n) is 6.07. The molecular weight excluding hydrogens is 476 g/mol. The molecule has 4 heterocycles. The highest BCUT2D eigenvalue weighted by molar-refractivity contribution is 6.31. The van der Waals surface area contributed by atoms with Crippen LogP contribution in [0, 0.1) is 25.2 Å². The number of nitrogens with two attached hydrogens (primary N) is 1. The van der Waals surface area contributed by atoms with Crippen molar-refractivity contribution >= 4 is 45.3 Å². The smallest absolute Gasteiger partial charge is 0.253 e. The number of nitrogen functional groups attached to an aromatic ring is 1. The SMILES string of the molecule is Cc1cc(N)nc(C)c1CNC(=O)c1cn(Cc2ccc3ncc(Cl)cc3c2)c2ncnc(C#N)c12. The maximum atomic E-state index is 13.3. The van der Waals surface area contributed by atoms with E-state index in [9.17, 15) is 10.1 Å². The molecule has 0 aliphatic heterocycles. The average molecular weight is 497 g/mol. The number of nitriles is 1. The van der Waals surface area contributed by atoms with Crippen LogP contribution in [0.1, 0.15) is 38.4 Å². The predicted molar refractivity (Wildman–Crippen MR) is 137 cm³/mol. The highest BCUT2D eigenvalue weighted by Gasteiger charge is 2.21. The summed E-state index contributed by atoms with van der Waals surface area (Å²) in [7, 11) is 0. The second-order valence-electron chi connectivity index (χ2n) is 8.49. The second kappa shape index (κ2) is 9.24. The van der Waals surface area contributed by atoms with Gasteiger partial charge in [-0.15, -0.1) is 0 Å². The minimum atomic E-state index is -0.338. The zero-order valence-corrected chi connectivity index (χ0v) is 20.3. The number of halogens is 1. The summed E-state index contributed by atoms with van der Waals surface area (Å²) in [5, 5.41) is 14.5. The van der Waals surface area contributed by atoms with Crippen molar-refractivity contribution in [1.82, 2.24) is 29.8 Å². The number of pyridine rings is 2. The van der Waals surface area contributed by atoms with Crippen LogP contribution in [-0.4, -0.2) is 30.4 Å². The van der Waals surface area contributed by atoms with Gasteiger partial charge in [-0.05, 0) is 54.8 Å². The maximum Gasteiger partial charge on any atom is 0.253 e. The Balaban J connectivity index is 1.51. The minimum absolute atomic E-state index is 0.139. The first-order valence-electron chi connectivity index (χ1n) is 11.1. The van der Waals surface area contributed by atoms with Crippen molar-refractivity contribution in [3.8, 4) is 6.07 Å². The van der Waals surface area contributed by atoms with Gasteiger partial charge in [-0.2, -0.15) is 5.26 Å². The number of hydrogen-bond acceptors (Lipinski definition) is 7. The van der Waals surface area contributed by atoms with E-state index >= 15 is 0 Å². The topological polar surface area (TPSA) is 135 Å². The van der Waals surface area contributed by atoms with Crippen LogP contribution >= 0.6 is 11.6 Å². The van der Waals surface area contributed by atoms with Crippen LogP contribution in [0.3, 0.4) is 0 Å². The molecule has 5 aromatic rings. The van der Waals surface area contributed by atoms with Crippen molar-refractivity contribution in [1.29, 1.82) is 5.26 Å². The number of anilines is 1. The van der Waals surface area contributed by atoms with Crippen molar-refractivity contribution in [3.05, 3.63) is 87.7 Å². The molecule has 36 heavy (non-hydrogen) atoms. The molecule has 0 bridgehead atoms. The third kappa shape index (κ3) is 4.30. The van der Waals surface area contributed by atoms with Crippen molar-refractivity contribution in [2.75, 3.05) is 5.73 Å². The summed E-state index contributed by atoms with van der Waals surface area (Å²) in [6, 6.07) is 11.6. The Labute approximate surface area is 211 Å². The molecule has 0 unspecified atom stereocenters. The van der Waals surface area contributed by atoms with Crippen molar-refractivity contribution in [3.63, 3.8) is 0 Å². The number of fused-ring (bicyclic) bond motifs is 2. The lowest BCUT2D eigenvalue weighted by molar-refractivity contribution is 0.0952. The lowest BCUT2D eigenvalue weighted by Crippen LogP contribution is -2.24. The standard InChI is InChI=1S/C26H21ClN8O/c1-14-5-23(29)34-15(2)19(14)10-31-26(36)20-12-35(25-24(20)22(8-28)32-13-33-25)11-16-3-4-21-17(6-16)7-18(27)9-30-21/h3-7,9,12-13H,10-11H2,1-2H3,(H2,29,34)(H,31,36). The number of hydrogen-bond donors (Lipinski definition) is 2. The van der Waals surface area contributed by atoms with E-state index in [1.165, 1.54) is 6.33 Å². The Hall–Kier alpha value is -4.55. The van der Waals surface area contributed by atoms with Gasteiger partial charge >= 0.3 is 0 Å². The van der Waals surface area contributed by atoms with Crippen LogP contribution in [0.5, 0.6) is 0 Å². The molecule has 0 saturated carbocycles. The fourth-order valence-corrected chi connectivity index (χ4v) is 4.54. The van der Waals surface area contributed by atoms with Gasteiger partial charge in [0.1, 0.15) is 23.9 Å². The van der Waals surface area contributed by atoms with Crippen molar-refractivity contribution in [2.45, 2.75) is 26.9 Å². The van der Waals surface area contributed by atoms with Gasteiger partial charge in [0.2, 0.25) is 0 Å². The second-order valence-corrected chi connectivity index (χ2v) is 8.93. The van der Waals surface area contributed by atoms with E-state index in [4.69, 9.17) is 17.3 Å². The summed E-state index contributed by atoms with van der Waals surface area (Å²) >= 11 is 6.11. The van der Waals surface area contributed by atoms with Gasteiger partial charge in [0.15, 0.2) is 5.69 Å². The molecule has 0 atom stereocenters. The first-order chi connectivity index (χ1) is 17.3. The number of carbonyl (C=O) groups excluding carboxylic acids is 1. The van der Waals surface area contributed by atoms with E-state index in [1.807, 2.05) is 42.7 Å². The Morgan fingerprint density at radius 2 is 2.03 bits per heavy atom. The van der Waals surface area contributed by atoms with Gasteiger partial charge in [0.05, 0.1) is 21.5 Å². The van der Waals surface area contributed by atoms with Crippen LogP contribution in [0.2, 0.25) is 5.02 Å². The number of benzene rings is 1. The van der Waals surface area contributed by atoms with E-state index in [2.05, 4.69) is 31.3 Å². The number of aryl methyl sites for hydroxylation is 2. The maximum absolute atomic E-state index is 13.3. The first-order valence-corrected chi connectivity index (χ1v) is 11.5. The molecule has 3 N–H and O–H groups in total. The molecule has 0 saturated heterocycles. The monoisotopic (exact) mass is 496 g/mol. The molecule has 5 rings (SSSR count). The van der Waals surface area contributed by atoms with Crippen LogP contribution < -0.4 is 11.1 Å². The Bertz CT molecular complexity index is 1680. The summed E-state index contributed by atoms with van der Waals surface area (Å²) in [6.07, 6.45) is 4.64. The minimum Gasteiger partial charge on any atom is -0.384 e. The predicted octanol–water partition coefficient (Wildman–Crippen LogP) is 4.08. The van der Waals surface area contributed by atoms with E-state index in [1.54, 1.807) is 18.5 Å². The Morgan fingerprint density at radius 3 is 2.81 bits per heavy atom. The van der Waals surface area contributed by atoms with Crippen LogP contribution in [0.25, 0.3) is 21.9 Å². The molecule has 4 aromatic heterocycles. The number of rotatable bonds is 5. The van der Waals surface area contributed by atoms with E-state index in [0.717, 1.165) is 33.3 Å². The van der Waals surface area contributed by atoms with Crippen LogP contribution in [0.15, 0.2) is 49.1 Å². The summed E-state index contributed by atoms with van der Waals surface area (Å²) in [4.78, 5) is 30.4. The Kier molecular flexibility index (Phi) is 5.96. The number of aromatic nitrogens is 5. The number of nitrogens with one attached hydrogen (secondary N) is 1. The highest BCUT2D eigenvalue weighted by Crippen LogP contribution is 2.25. The van der Waals surface area contributed by atoms with Gasteiger partial charge in [0.25, 0.3) is 5.91 Å². The fraction of sp³-hybridized carbons (Fsp3) is 0.154. The van der Waals surface area contributed by atoms with Gasteiger partial charge < -0.3 is 15.6 Å². The number of amides is 1. The molecule has 0 aliphatic carbocycles. The number of carbonyl (C=O) groups is 1. The molecule has 0 spiro atoms. The summed E-state index contributed by atoms with van der Waals surface area (Å²) in [5.74, 6) is 0.0980. The zero-order valence-electron chi connectivity index (χ0n) is 19.6. The molecule has 9 nitrogen and oxygen atoms in total. The van der Waals surface area contributed by atoms with E-state index in [-0.39, 0.29) is 18.1 Å². The van der Waals surface area contributed by atoms with Crippen molar-refractivity contribution in [2.24, 2.45) is 0 Å². The summed E-state index contributed by atoms with van der Waals surface area (Å²) in [6.45, 7) is 4.47. The molecule has 10 heteroatoms. The van der Waals surface area contributed by atoms with Gasteiger partial charge in [-0.1, -0.05) is 17.7 Å². The van der Waals surface area contributed by atoms with Crippen LogP contribution in [0.4, 0.5) is 5.82 Å². The lowest BCUT2D eigenvalue weighted by Gasteiger charge is -2.11. The molecular formula is C26H21ClN8O. The van der Waals surface area contributed by atoms with Gasteiger partial charge in [-0.25, -0.2) is 15.0 Å². The van der Waals surface area contributed by atoms with Gasteiger partial charge in [-0.3, -0.25) is 9.78 Å². The molecule has 0 fully saturated rings. The van der Waals surface area contributed by atoms with Crippen LogP contribution in [-0.2, 0) is 13.1 Å². The van der Waals surface area contributed by atoms with Crippen molar-refractivity contribution < 1.29 is 4.79 Å². The molecule has 0 aliphatic rings. The number of nitrogens with zero attached hydrogens (tertiary/aromatic N) is 6. The quantitative estimate of drug-likeness (QED) is 0.374. The highest BCUT2D eigenvalue weighted by atomic mass is 35.5. The molecule has 1 amide bonds. The Morgan fingerprint density at radius 1 is 1.19 bits per heavy atom. The van der Waals surface area contributed by atoms with E-state index in [0.29, 0.717) is 34.0 Å². The summed E-state index contributed by atoms with van der Waals surface area (Å²) < 4.78 is 1.84. The third-order valence-corrected chi connectivity index (χ3v) is 6.28. The normalized spacial score (nSPS) is 11.1. The fourth-order valence-electron chi connectivity index (χ4n) is 4.37. The molecule has 1 aromatic carbocycles. The van der Waals surface area contributed by atoms with Gasteiger partial charge in [0, 0.05) is 36.6 Å². The average Bonchev–Trinajstić information content (AvgIpc) is 3.21. The molecule has 0 radical (unpaired) electrons. The lowest BCUT2D eigenvalue weighted by atomic mass is 10.1. The summed E-state index contributed by atoms with van der Waals surface area (Å²) in [5.41, 5.74) is 11.2. The first kappa shape index (κ1) is 23.2. The van der Waals surface area contributed by atoms with E-state index < -0.39 is 0 Å². The zero-order chi connectivity index (χ0) is 25.4. The molecule has 178 valence electrons.